The topological polar surface area (TPSA) is 93.9 Å². The molecule has 2 aromatic rings. The van der Waals surface area contributed by atoms with Gasteiger partial charge in [0.1, 0.15) is 16.9 Å². The molecular formula is C25H24N4OS2. The van der Waals surface area contributed by atoms with Crippen LogP contribution in [0.1, 0.15) is 67.0 Å². The summed E-state index contributed by atoms with van der Waals surface area (Å²) in [5, 5.41) is 25.0. The summed E-state index contributed by atoms with van der Waals surface area (Å²) in [5.41, 5.74) is 11.1. The van der Waals surface area contributed by atoms with Crippen LogP contribution < -0.4 is 10.6 Å². The van der Waals surface area contributed by atoms with Gasteiger partial charge in [0, 0.05) is 22.6 Å². The van der Waals surface area contributed by atoms with Gasteiger partial charge in [0.25, 0.3) is 0 Å². The SMILES string of the molecule is CC1(C)CC(=O)C2=C(C1)N(c1sc3c(c1C#N)CCCC3)C(N)=C(C#N)C2c1ccsc1. The average molecular weight is 461 g/mol. The number of nitriles is 2. The van der Waals surface area contributed by atoms with E-state index in [1.54, 1.807) is 22.7 Å². The molecule has 2 aliphatic carbocycles. The van der Waals surface area contributed by atoms with Crippen molar-refractivity contribution in [2.45, 2.75) is 58.3 Å². The van der Waals surface area contributed by atoms with Crippen molar-refractivity contribution in [3.05, 3.63) is 61.1 Å². The smallest absolute Gasteiger partial charge is 0.162 e. The number of anilines is 1. The zero-order chi connectivity index (χ0) is 22.6. The highest BCUT2D eigenvalue weighted by Crippen LogP contribution is 2.52. The molecule has 0 saturated heterocycles. The summed E-state index contributed by atoms with van der Waals surface area (Å²) < 4.78 is 0. The Bertz CT molecular complexity index is 1260. The summed E-state index contributed by atoms with van der Waals surface area (Å²) in [5.74, 6) is -0.0261. The molecule has 1 unspecified atom stereocenters. The van der Waals surface area contributed by atoms with Gasteiger partial charge in [-0.3, -0.25) is 9.69 Å². The van der Waals surface area contributed by atoms with Gasteiger partial charge >= 0.3 is 0 Å². The summed E-state index contributed by atoms with van der Waals surface area (Å²) in [6, 6.07) is 6.71. The van der Waals surface area contributed by atoms with Crippen molar-refractivity contribution in [1.29, 1.82) is 10.5 Å². The molecule has 0 spiro atoms. The molecule has 3 aliphatic rings. The van der Waals surface area contributed by atoms with E-state index in [2.05, 4.69) is 26.0 Å². The number of rotatable bonds is 2. The molecule has 0 radical (unpaired) electrons. The lowest BCUT2D eigenvalue weighted by Crippen LogP contribution is -2.42. The van der Waals surface area contributed by atoms with Crippen LogP contribution in [0.15, 0.2) is 39.5 Å². The normalized spacial score (nSPS) is 22.3. The number of Topliss-reactive ketones (excluding diaryl/α,β-unsaturated/α-hetero) is 1. The van der Waals surface area contributed by atoms with Gasteiger partial charge in [-0.25, -0.2) is 0 Å². The number of aryl methyl sites for hydroxylation is 1. The van der Waals surface area contributed by atoms with Gasteiger partial charge in [-0.2, -0.15) is 21.9 Å². The summed E-state index contributed by atoms with van der Waals surface area (Å²) in [7, 11) is 0. The molecule has 1 atom stereocenters. The van der Waals surface area contributed by atoms with Gasteiger partial charge < -0.3 is 5.73 Å². The first-order valence-electron chi connectivity index (χ1n) is 10.9. The molecule has 32 heavy (non-hydrogen) atoms. The van der Waals surface area contributed by atoms with Gasteiger partial charge in [0.05, 0.1) is 23.1 Å². The highest BCUT2D eigenvalue weighted by molar-refractivity contribution is 7.16. The third-order valence-electron chi connectivity index (χ3n) is 6.73. The Labute approximate surface area is 196 Å². The minimum Gasteiger partial charge on any atom is -0.384 e. The summed E-state index contributed by atoms with van der Waals surface area (Å²) >= 11 is 3.15. The van der Waals surface area contributed by atoms with Crippen LogP contribution in [0, 0.1) is 28.1 Å². The van der Waals surface area contributed by atoms with Crippen LogP contribution in [0.3, 0.4) is 0 Å². The first kappa shape index (κ1) is 21.0. The van der Waals surface area contributed by atoms with E-state index in [-0.39, 0.29) is 11.2 Å². The van der Waals surface area contributed by atoms with Gasteiger partial charge in [0.2, 0.25) is 0 Å². The number of hydrogen-bond acceptors (Lipinski definition) is 7. The van der Waals surface area contributed by atoms with E-state index in [0.29, 0.717) is 35.4 Å². The molecule has 0 bridgehead atoms. The average Bonchev–Trinajstić information content (AvgIpc) is 3.39. The quantitative estimate of drug-likeness (QED) is 0.638. The second-order valence-corrected chi connectivity index (χ2v) is 11.4. The maximum absolute atomic E-state index is 13.5. The highest BCUT2D eigenvalue weighted by atomic mass is 32.1. The zero-order valence-electron chi connectivity index (χ0n) is 18.2. The molecule has 1 aliphatic heterocycles. The van der Waals surface area contributed by atoms with Gasteiger partial charge in [-0.05, 0) is 65.5 Å². The van der Waals surface area contributed by atoms with Crippen molar-refractivity contribution >= 4 is 33.5 Å². The van der Waals surface area contributed by atoms with E-state index in [4.69, 9.17) is 5.73 Å². The molecule has 0 fully saturated rings. The molecule has 3 heterocycles. The number of fused-ring (bicyclic) bond motifs is 1. The first-order valence-corrected chi connectivity index (χ1v) is 12.6. The summed E-state index contributed by atoms with van der Waals surface area (Å²) in [6.45, 7) is 4.19. The number of nitrogens with zero attached hydrogens (tertiary/aromatic N) is 3. The number of nitrogens with two attached hydrogens (primary N) is 1. The Kier molecular flexibility index (Phi) is 5.00. The third-order valence-corrected chi connectivity index (χ3v) is 8.70. The predicted octanol–water partition coefficient (Wildman–Crippen LogP) is 5.50. The van der Waals surface area contributed by atoms with Crippen LogP contribution in [0.25, 0.3) is 0 Å². The molecule has 5 nitrogen and oxygen atoms in total. The fourth-order valence-corrected chi connectivity index (χ4v) is 7.40. The van der Waals surface area contributed by atoms with Crippen LogP contribution in [0.4, 0.5) is 5.00 Å². The van der Waals surface area contributed by atoms with Crippen LogP contribution in [0.5, 0.6) is 0 Å². The molecule has 0 saturated carbocycles. The van der Waals surface area contributed by atoms with Crippen LogP contribution in [-0.2, 0) is 17.6 Å². The molecule has 0 amide bonds. The predicted molar refractivity (Wildman–Crippen MR) is 127 cm³/mol. The second kappa shape index (κ2) is 7.62. The molecule has 2 N–H and O–H groups in total. The van der Waals surface area contributed by atoms with Crippen molar-refractivity contribution in [1.82, 2.24) is 0 Å². The minimum atomic E-state index is -0.443. The molecule has 0 aromatic carbocycles. The number of thiophene rings is 2. The molecule has 5 rings (SSSR count). The molecule has 2 aromatic heterocycles. The number of carbonyl (C=O) groups excluding carboxylic acids is 1. The van der Waals surface area contributed by atoms with Crippen LogP contribution in [0.2, 0.25) is 0 Å². The van der Waals surface area contributed by atoms with E-state index < -0.39 is 5.92 Å². The zero-order valence-corrected chi connectivity index (χ0v) is 19.8. The Morgan fingerprint density at radius 2 is 1.97 bits per heavy atom. The van der Waals surface area contributed by atoms with Crippen molar-refractivity contribution in [3.8, 4) is 12.1 Å². The van der Waals surface area contributed by atoms with Gasteiger partial charge in [-0.15, -0.1) is 11.3 Å². The monoisotopic (exact) mass is 460 g/mol. The summed E-state index contributed by atoms with van der Waals surface area (Å²) in [4.78, 5) is 16.6. The van der Waals surface area contributed by atoms with E-state index in [9.17, 15) is 15.3 Å². The Hall–Kier alpha value is -2.87. The van der Waals surface area contributed by atoms with Gasteiger partial charge in [-0.1, -0.05) is 13.8 Å². The van der Waals surface area contributed by atoms with Crippen LogP contribution in [-0.4, -0.2) is 5.78 Å². The fraction of sp³-hybridized carbons (Fsp3) is 0.400. The lowest BCUT2D eigenvalue weighted by molar-refractivity contribution is -0.118. The maximum atomic E-state index is 13.5. The fourth-order valence-electron chi connectivity index (χ4n) is 5.34. The second-order valence-electron chi connectivity index (χ2n) is 9.54. The number of carbonyl (C=O) groups is 1. The van der Waals surface area contributed by atoms with Crippen LogP contribution >= 0.6 is 22.7 Å². The molecular weight excluding hydrogens is 436 g/mol. The van der Waals surface area contributed by atoms with Crippen molar-refractivity contribution in [3.63, 3.8) is 0 Å². The van der Waals surface area contributed by atoms with E-state index in [1.807, 2.05) is 21.7 Å². The standard InChI is InChI=1S/C25H24N4OS2/c1-25(2)9-18-22(19(30)10-25)21(14-7-8-31-13-14)17(12-27)23(28)29(18)24-16(11-26)15-5-3-4-6-20(15)32-24/h7-8,13,21H,3-6,9-10,28H2,1-2H3. The minimum absolute atomic E-state index is 0.0672. The number of ketones is 1. The Morgan fingerprint density at radius 3 is 2.66 bits per heavy atom. The van der Waals surface area contributed by atoms with E-state index in [0.717, 1.165) is 47.5 Å². The lowest BCUT2D eigenvalue weighted by atomic mass is 9.69. The van der Waals surface area contributed by atoms with Crippen molar-refractivity contribution in [2.75, 3.05) is 4.90 Å². The Morgan fingerprint density at radius 1 is 1.19 bits per heavy atom. The van der Waals surface area contributed by atoms with E-state index >= 15 is 0 Å². The molecule has 7 heteroatoms. The number of allylic oxidation sites excluding steroid dienone is 3. The van der Waals surface area contributed by atoms with E-state index in [1.165, 1.54) is 4.88 Å². The first-order chi connectivity index (χ1) is 15.4. The lowest BCUT2D eigenvalue weighted by Gasteiger charge is -2.43. The van der Waals surface area contributed by atoms with Crippen molar-refractivity contribution in [2.24, 2.45) is 11.1 Å². The Balaban J connectivity index is 1.79. The third kappa shape index (κ3) is 3.11. The van der Waals surface area contributed by atoms with Crippen molar-refractivity contribution < 1.29 is 4.79 Å². The number of hydrogen-bond donors (Lipinski definition) is 1. The van der Waals surface area contributed by atoms with Gasteiger partial charge in [0.15, 0.2) is 5.78 Å². The highest BCUT2D eigenvalue weighted by Gasteiger charge is 2.45. The largest absolute Gasteiger partial charge is 0.384 e. The molecule has 162 valence electrons. The maximum Gasteiger partial charge on any atom is 0.162 e. The summed E-state index contributed by atoms with van der Waals surface area (Å²) in [6.07, 6.45) is 5.15.